The predicted octanol–water partition coefficient (Wildman–Crippen LogP) is 2.79. The Hall–Kier alpha value is -1.06. The van der Waals surface area contributed by atoms with E-state index in [1.807, 2.05) is 12.1 Å². The Balaban J connectivity index is 1.54. The lowest BCUT2D eigenvalue weighted by Crippen LogP contribution is -2.17. The molecule has 106 valence electrons. The summed E-state index contributed by atoms with van der Waals surface area (Å²) < 4.78 is 10.8. The SMILES string of the molecule is COCCc1ccc(OCCCCNC2CC2)cc1. The van der Waals surface area contributed by atoms with Crippen molar-refractivity contribution in [1.29, 1.82) is 0 Å². The van der Waals surface area contributed by atoms with Gasteiger partial charge in [0.1, 0.15) is 5.75 Å². The molecule has 1 aliphatic carbocycles. The van der Waals surface area contributed by atoms with Crippen molar-refractivity contribution in [3.05, 3.63) is 29.8 Å². The zero-order valence-electron chi connectivity index (χ0n) is 11.9. The van der Waals surface area contributed by atoms with Crippen LogP contribution >= 0.6 is 0 Å². The highest BCUT2D eigenvalue weighted by Crippen LogP contribution is 2.18. The van der Waals surface area contributed by atoms with Crippen molar-refractivity contribution >= 4 is 0 Å². The number of methoxy groups -OCH3 is 1. The quantitative estimate of drug-likeness (QED) is 0.658. The first-order chi connectivity index (χ1) is 9.38. The first-order valence-corrected chi connectivity index (χ1v) is 7.32. The van der Waals surface area contributed by atoms with Gasteiger partial charge in [-0.3, -0.25) is 0 Å². The van der Waals surface area contributed by atoms with Gasteiger partial charge < -0.3 is 14.8 Å². The number of benzene rings is 1. The summed E-state index contributed by atoms with van der Waals surface area (Å²) in [6.45, 7) is 2.71. The zero-order chi connectivity index (χ0) is 13.3. The van der Waals surface area contributed by atoms with E-state index in [2.05, 4.69) is 17.4 Å². The summed E-state index contributed by atoms with van der Waals surface area (Å²) in [5, 5.41) is 3.51. The zero-order valence-corrected chi connectivity index (χ0v) is 11.9. The van der Waals surface area contributed by atoms with E-state index in [0.717, 1.165) is 44.4 Å². The van der Waals surface area contributed by atoms with Crippen molar-refractivity contribution in [1.82, 2.24) is 5.32 Å². The largest absolute Gasteiger partial charge is 0.494 e. The molecule has 3 nitrogen and oxygen atoms in total. The maximum atomic E-state index is 5.73. The van der Waals surface area contributed by atoms with Gasteiger partial charge in [0, 0.05) is 13.2 Å². The number of hydrogen-bond donors (Lipinski definition) is 1. The lowest BCUT2D eigenvalue weighted by molar-refractivity contribution is 0.202. The summed E-state index contributed by atoms with van der Waals surface area (Å²) in [5.74, 6) is 0.969. The second-order valence-corrected chi connectivity index (χ2v) is 5.17. The van der Waals surface area contributed by atoms with Crippen molar-refractivity contribution in [2.24, 2.45) is 0 Å². The van der Waals surface area contributed by atoms with E-state index in [1.165, 1.54) is 24.8 Å². The van der Waals surface area contributed by atoms with Gasteiger partial charge in [-0.1, -0.05) is 12.1 Å². The molecular formula is C16H25NO2. The molecule has 1 aliphatic rings. The van der Waals surface area contributed by atoms with Crippen LogP contribution in [0, 0.1) is 0 Å². The normalized spacial score (nSPS) is 14.6. The van der Waals surface area contributed by atoms with Crippen LogP contribution in [-0.4, -0.2) is 32.9 Å². The van der Waals surface area contributed by atoms with Crippen molar-refractivity contribution < 1.29 is 9.47 Å². The van der Waals surface area contributed by atoms with Gasteiger partial charge in [-0.15, -0.1) is 0 Å². The van der Waals surface area contributed by atoms with Crippen LogP contribution < -0.4 is 10.1 Å². The van der Waals surface area contributed by atoms with Crippen LogP contribution in [0.15, 0.2) is 24.3 Å². The average molecular weight is 263 g/mol. The van der Waals surface area contributed by atoms with Crippen LogP contribution in [0.4, 0.5) is 0 Å². The first-order valence-electron chi connectivity index (χ1n) is 7.32. The van der Waals surface area contributed by atoms with E-state index in [1.54, 1.807) is 7.11 Å². The Labute approximate surface area is 116 Å². The van der Waals surface area contributed by atoms with Crippen LogP contribution in [0.25, 0.3) is 0 Å². The molecule has 3 heteroatoms. The molecule has 2 rings (SSSR count). The van der Waals surface area contributed by atoms with Crippen LogP contribution in [0.3, 0.4) is 0 Å². The van der Waals surface area contributed by atoms with E-state index < -0.39 is 0 Å². The van der Waals surface area contributed by atoms with Crippen LogP contribution in [-0.2, 0) is 11.2 Å². The van der Waals surface area contributed by atoms with Gasteiger partial charge in [-0.25, -0.2) is 0 Å². The van der Waals surface area contributed by atoms with Crippen LogP contribution in [0.5, 0.6) is 5.75 Å². The minimum atomic E-state index is 0.772. The number of hydrogen-bond acceptors (Lipinski definition) is 3. The van der Waals surface area contributed by atoms with E-state index in [4.69, 9.17) is 9.47 Å². The Bertz CT molecular complexity index is 346. The molecule has 1 N–H and O–H groups in total. The Kier molecular flexibility index (Phi) is 6.18. The predicted molar refractivity (Wildman–Crippen MR) is 77.8 cm³/mol. The van der Waals surface area contributed by atoms with Gasteiger partial charge in [0.15, 0.2) is 0 Å². The lowest BCUT2D eigenvalue weighted by Gasteiger charge is -2.07. The average Bonchev–Trinajstić information content (AvgIpc) is 3.26. The number of rotatable bonds is 10. The minimum Gasteiger partial charge on any atom is -0.494 e. The molecule has 0 amide bonds. The molecule has 0 aliphatic heterocycles. The molecule has 1 aromatic rings. The molecule has 1 fully saturated rings. The molecule has 1 aromatic carbocycles. The fraction of sp³-hybridized carbons (Fsp3) is 0.625. The van der Waals surface area contributed by atoms with E-state index in [-0.39, 0.29) is 0 Å². The van der Waals surface area contributed by atoms with Gasteiger partial charge in [0.05, 0.1) is 13.2 Å². The van der Waals surface area contributed by atoms with Gasteiger partial charge >= 0.3 is 0 Å². The van der Waals surface area contributed by atoms with Crippen molar-refractivity contribution in [2.45, 2.75) is 38.1 Å². The van der Waals surface area contributed by atoms with Crippen LogP contribution in [0.2, 0.25) is 0 Å². The highest BCUT2D eigenvalue weighted by molar-refractivity contribution is 5.27. The van der Waals surface area contributed by atoms with Gasteiger partial charge in [0.25, 0.3) is 0 Å². The standard InChI is InChI=1S/C16H25NO2/c1-18-13-10-14-4-8-16(9-5-14)19-12-3-2-11-17-15-6-7-15/h4-5,8-9,15,17H,2-3,6-7,10-13H2,1H3. The van der Waals surface area contributed by atoms with E-state index >= 15 is 0 Å². The highest BCUT2D eigenvalue weighted by Gasteiger charge is 2.19. The fourth-order valence-corrected chi connectivity index (χ4v) is 1.98. The van der Waals surface area contributed by atoms with E-state index in [9.17, 15) is 0 Å². The molecule has 0 atom stereocenters. The topological polar surface area (TPSA) is 30.5 Å². The van der Waals surface area contributed by atoms with Crippen molar-refractivity contribution in [3.63, 3.8) is 0 Å². The Morgan fingerprint density at radius 2 is 1.89 bits per heavy atom. The maximum absolute atomic E-state index is 5.73. The fourth-order valence-electron chi connectivity index (χ4n) is 1.98. The minimum absolute atomic E-state index is 0.772. The number of unbranched alkanes of at least 4 members (excludes halogenated alkanes) is 1. The molecule has 0 heterocycles. The molecule has 1 saturated carbocycles. The lowest BCUT2D eigenvalue weighted by atomic mass is 10.1. The molecule has 19 heavy (non-hydrogen) atoms. The van der Waals surface area contributed by atoms with Gasteiger partial charge in [-0.05, 0) is 56.3 Å². The van der Waals surface area contributed by atoms with Crippen molar-refractivity contribution in [3.8, 4) is 5.75 Å². The molecule has 0 spiro atoms. The van der Waals surface area contributed by atoms with Crippen LogP contribution in [0.1, 0.15) is 31.2 Å². The molecule has 0 bridgehead atoms. The first kappa shape index (κ1) is 14.4. The third-order valence-corrected chi connectivity index (χ3v) is 3.37. The second kappa shape index (κ2) is 8.18. The second-order valence-electron chi connectivity index (χ2n) is 5.17. The number of nitrogens with one attached hydrogen (secondary N) is 1. The third-order valence-electron chi connectivity index (χ3n) is 3.37. The summed E-state index contributed by atoms with van der Waals surface area (Å²) >= 11 is 0. The molecular weight excluding hydrogens is 238 g/mol. The Morgan fingerprint density at radius 1 is 1.11 bits per heavy atom. The molecule has 0 radical (unpaired) electrons. The molecule has 0 saturated heterocycles. The third kappa shape index (κ3) is 6.08. The Morgan fingerprint density at radius 3 is 2.58 bits per heavy atom. The monoisotopic (exact) mass is 263 g/mol. The smallest absolute Gasteiger partial charge is 0.119 e. The summed E-state index contributed by atoms with van der Waals surface area (Å²) in [6.07, 6.45) is 6.01. The van der Waals surface area contributed by atoms with Gasteiger partial charge in [-0.2, -0.15) is 0 Å². The summed E-state index contributed by atoms with van der Waals surface area (Å²) in [5.41, 5.74) is 1.29. The summed E-state index contributed by atoms with van der Waals surface area (Å²) in [6, 6.07) is 9.15. The number of ether oxygens (including phenoxy) is 2. The summed E-state index contributed by atoms with van der Waals surface area (Å²) in [7, 11) is 1.73. The molecule has 0 aromatic heterocycles. The van der Waals surface area contributed by atoms with E-state index in [0.29, 0.717) is 0 Å². The highest BCUT2D eigenvalue weighted by atomic mass is 16.5. The maximum Gasteiger partial charge on any atom is 0.119 e. The van der Waals surface area contributed by atoms with Gasteiger partial charge in [0.2, 0.25) is 0 Å². The summed E-state index contributed by atoms with van der Waals surface area (Å²) in [4.78, 5) is 0. The molecule has 0 unspecified atom stereocenters. The van der Waals surface area contributed by atoms with Crippen molar-refractivity contribution in [2.75, 3.05) is 26.9 Å².